The molecule has 0 aliphatic heterocycles. The van der Waals surface area contributed by atoms with Gasteiger partial charge in [0, 0.05) is 11.0 Å². The van der Waals surface area contributed by atoms with Crippen molar-refractivity contribution in [2.45, 2.75) is 12.7 Å². The number of halogens is 4. The van der Waals surface area contributed by atoms with E-state index in [1.165, 1.54) is 24.3 Å². The van der Waals surface area contributed by atoms with E-state index in [9.17, 15) is 26.4 Å². The number of benzene rings is 2. The summed E-state index contributed by atoms with van der Waals surface area (Å²) in [7, 11) is -3.73. The van der Waals surface area contributed by atoms with E-state index in [2.05, 4.69) is 21.2 Å². The van der Waals surface area contributed by atoms with Crippen LogP contribution in [0.1, 0.15) is 11.1 Å². The number of anilines is 1. The summed E-state index contributed by atoms with van der Waals surface area (Å²) in [6, 6.07) is 10.9. The molecule has 5 nitrogen and oxygen atoms in total. The minimum Gasteiger partial charge on any atom is -0.350 e. The van der Waals surface area contributed by atoms with Crippen molar-refractivity contribution in [2.75, 3.05) is 17.1 Å². The van der Waals surface area contributed by atoms with Crippen LogP contribution in [0.2, 0.25) is 0 Å². The highest BCUT2D eigenvalue weighted by atomic mass is 79.9. The standard InChI is InChI=1S/C17H16BrF3N2O3S/c1-27(25,26)23(15-7-5-14(18)6-8-15)11-16(24)22-10-12-3-2-4-13(9-12)17(19,20)21/h2-9H,10-11H2,1H3,(H,22,24). The van der Waals surface area contributed by atoms with Crippen LogP contribution in [-0.2, 0) is 27.5 Å². The fourth-order valence-corrected chi connectivity index (χ4v) is 3.37. The molecule has 0 saturated heterocycles. The van der Waals surface area contributed by atoms with Gasteiger partial charge in [-0.3, -0.25) is 9.10 Å². The Hall–Kier alpha value is -2.07. The third kappa shape index (κ3) is 6.24. The van der Waals surface area contributed by atoms with Crippen LogP contribution in [0.25, 0.3) is 0 Å². The fraction of sp³-hybridized carbons (Fsp3) is 0.235. The summed E-state index contributed by atoms with van der Waals surface area (Å²) < 4.78 is 63.8. The second-order valence-corrected chi connectivity index (χ2v) is 8.54. The largest absolute Gasteiger partial charge is 0.416 e. The van der Waals surface area contributed by atoms with Crippen LogP contribution in [0, 0.1) is 0 Å². The van der Waals surface area contributed by atoms with Crippen LogP contribution in [0.3, 0.4) is 0 Å². The fourth-order valence-electron chi connectivity index (χ4n) is 2.25. The van der Waals surface area contributed by atoms with Gasteiger partial charge in [-0.15, -0.1) is 0 Å². The first-order valence-electron chi connectivity index (χ1n) is 7.63. The van der Waals surface area contributed by atoms with Gasteiger partial charge in [-0.25, -0.2) is 8.42 Å². The Morgan fingerprint density at radius 1 is 1.15 bits per heavy atom. The van der Waals surface area contributed by atoms with Gasteiger partial charge in [0.05, 0.1) is 17.5 Å². The van der Waals surface area contributed by atoms with Crippen molar-refractivity contribution in [3.8, 4) is 0 Å². The lowest BCUT2D eigenvalue weighted by Gasteiger charge is -2.22. The molecule has 2 aromatic carbocycles. The molecule has 1 N–H and O–H groups in total. The SMILES string of the molecule is CS(=O)(=O)N(CC(=O)NCc1cccc(C(F)(F)F)c1)c1ccc(Br)cc1. The molecular formula is C17H16BrF3N2O3S. The zero-order valence-corrected chi connectivity index (χ0v) is 16.5. The molecule has 0 heterocycles. The second kappa shape index (κ2) is 8.30. The third-order valence-electron chi connectivity index (χ3n) is 3.55. The maximum absolute atomic E-state index is 12.7. The van der Waals surface area contributed by atoms with E-state index in [1.54, 1.807) is 12.1 Å². The van der Waals surface area contributed by atoms with Gasteiger partial charge < -0.3 is 5.32 Å². The summed E-state index contributed by atoms with van der Waals surface area (Å²) in [5, 5.41) is 2.44. The number of carbonyl (C=O) groups is 1. The van der Waals surface area contributed by atoms with Crippen LogP contribution >= 0.6 is 15.9 Å². The van der Waals surface area contributed by atoms with E-state index in [0.29, 0.717) is 5.69 Å². The van der Waals surface area contributed by atoms with Crippen LogP contribution in [0.5, 0.6) is 0 Å². The van der Waals surface area contributed by atoms with E-state index in [4.69, 9.17) is 0 Å². The van der Waals surface area contributed by atoms with Crippen molar-refractivity contribution in [3.05, 3.63) is 64.1 Å². The lowest BCUT2D eigenvalue weighted by molar-refractivity contribution is -0.137. The Labute approximate surface area is 163 Å². The Morgan fingerprint density at radius 2 is 1.78 bits per heavy atom. The predicted octanol–water partition coefficient (Wildman–Crippen LogP) is 3.55. The molecule has 146 valence electrons. The molecule has 2 rings (SSSR count). The zero-order valence-electron chi connectivity index (χ0n) is 14.1. The molecular weight excluding hydrogens is 449 g/mol. The van der Waals surface area contributed by atoms with Crippen molar-refractivity contribution < 1.29 is 26.4 Å². The molecule has 2 aromatic rings. The molecule has 0 radical (unpaired) electrons. The second-order valence-electron chi connectivity index (χ2n) is 5.72. The Kier molecular flexibility index (Phi) is 6.53. The summed E-state index contributed by atoms with van der Waals surface area (Å²) in [6.45, 7) is -0.639. The number of hydrogen-bond acceptors (Lipinski definition) is 3. The van der Waals surface area contributed by atoms with Gasteiger partial charge in [0.15, 0.2) is 0 Å². The van der Waals surface area contributed by atoms with Gasteiger partial charge in [0.25, 0.3) is 0 Å². The number of nitrogens with zero attached hydrogens (tertiary/aromatic N) is 1. The average molecular weight is 465 g/mol. The predicted molar refractivity (Wildman–Crippen MR) is 99.6 cm³/mol. The molecule has 0 aromatic heterocycles. The molecule has 10 heteroatoms. The van der Waals surface area contributed by atoms with Crippen molar-refractivity contribution in [1.82, 2.24) is 5.32 Å². The summed E-state index contributed by atoms with van der Waals surface area (Å²) in [5.74, 6) is -0.638. The van der Waals surface area contributed by atoms with Gasteiger partial charge in [0.1, 0.15) is 6.54 Å². The summed E-state index contributed by atoms with van der Waals surface area (Å²) in [6.07, 6.45) is -3.51. The number of nitrogens with one attached hydrogen (secondary N) is 1. The van der Waals surface area contributed by atoms with Crippen LogP contribution in [-0.4, -0.2) is 27.1 Å². The Balaban J connectivity index is 2.08. The third-order valence-corrected chi connectivity index (χ3v) is 5.22. The number of hydrogen-bond donors (Lipinski definition) is 1. The highest BCUT2D eigenvalue weighted by Crippen LogP contribution is 2.29. The molecule has 0 atom stereocenters. The van der Waals surface area contributed by atoms with Gasteiger partial charge in [-0.05, 0) is 42.0 Å². The number of carbonyl (C=O) groups excluding carboxylic acids is 1. The van der Waals surface area contributed by atoms with E-state index in [-0.39, 0.29) is 12.1 Å². The Bertz CT molecular complexity index is 916. The minimum atomic E-state index is -4.48. The van der Waals surface area contributed by atoms with E-state index in [0.717, 1.165) is 27.2 Å². The van der Waals surface area contributed by atoms with Crippen molar-refractivity contribution in [3.63, 3.8) is 0 Å². The molecule has 0 unspecified atom stereocenters. The van der Waals surface area contributed by atoms with Crippen molar-refractivity contribution in [1.29, 1.82) is 0 Å². The normalized spacial score (nSPS) is 11.9. The first-order chi connectivity index (χ1) is 12.5. The molecule has 1 amide bonds. The number of amides is 1. The summed E-state index contributed by atoms with van der Waals surface area (Å²) in [5.41, 5.74) is -0.260. The highest BCUT2D eigenvalue weighted by molar-refractivity contribution is 9.10. The van der Waals surface area contributed by atoms with Crippen molar-refractivity contribution >= 4 is 37.5 Å². The molecule has 27 heavy (non-hydrogen) atoms. The molecule has 0 saturated carbocycles. The first-order valence-corrected chi connectivity index (χ1v) is 10.3. The molecule has 0 aliphatic carbocycles. The average Bonchev–Trinajstić information content (AvgIpc) is 2.57. The van der Waals surface area contributed by atoms with E-state index < -0.39 is 34.2 Å². The quantitative estimate of drug-likeness (QED) is 0.710. The van der Waals surface area contributed by atoms with Gasteiger partial charge in [-0.1, -0.05) is 28.1 Å². The van der Waals surface area contributed by atoms with Crippen LogP contribution in [0.4, 0.5) is 18.9 Å². The summed E-state index contributed by atoms with van der Waals surface area (Å²) >= 11 is 3.24. The van der Waals surface area contributed by atoms with Crippen LogP contribution < -0.4 is 9.62 Å². The maximum Gasteiger partial charge on any atom is 0.416 e. The van der Waals surface area contributed by atoms with Crippen molar-refractivity contribution in [2.24, 2.45) is 0 Å². The van der Waals surface area contributed by atoms with Crippen LogP contribution in [0.15, 0.2) is 53.0 Å². The molecule has 0 bridgehead atoms. The zero-order chi connectivity index (χ0) is 20.2. The monoisotopic (exact) mass is 464 g/mol. The number of sulfonamides is 1. The lowest BCUT2D eigenvalue weighted by atomic mass is 10.1. The van der Waals surface area contributed by atoms with E-state index >= 15 is 0 Å². The highest BCUT2D eigenvalue weighted by Gasteiger charge is 2.30. The molecule has 0 fully saturated rings. The Morgan fingerprint density at radius 3 is 2.33 bits per heavy atom. The smallest absolute Gasteiger partial charge is 0.350 e. The molecule has 0 spiro atoms. The number of alkyl halides is 3. The van der Waals surface area contributed by atoms with Gasteiger partial charge in [0.2, 0.25) is 15.9 Å². The minimum absolute atomic E-state index is 0.152. The molecule has 0 aliphatic rings. The number of rotatable bonds is 6. The maximum atomic E-state index is 12.7. The first kappa shape index (κ1) is 21.2. The topological polar surface area (TPSA) is 66.5 Å². The lowest BCUT2D eigenvalue weighted by Crippen LogP contribution is -2.40. The summed E-state index contributed by atoms with van der Waals surface area (Å²) in [4.78, 5) is 12.1. The van der Waals surface area contributed by atoms with E-state index in [1.807, 2.05) is 0 Å². The van der Waals surface area contributed by atoms with Gasteiger partial charge >= 0.3 is 6.18 Å². The van der Waals surface area contributed by atoms with Gasteiger partial charge in [-0.2, -0.15) is 13.2 Å².